The van der Waals surface area contributed by atoms with Crippen LogP contribution in [0, 0.1) is 25.7 Å². The number of halogens is 4. The lowest BCUT2D eigenvalue weighted by Gasteiger charge is -2.29. The first-order chi connectivity index (χ1) is 41.0. The highest BCUT2D eigenvalue weighted by Gasteiger charge is 2.57. The number of alkyl halides is 4. The van der Waals surface area contributed by atoms with Crippen LogP contribution in [0.1, 0.15) is 85.0 Å². The van der Waals surface area contributed by atoms with E-state index >= 15 is 0 Å². The summed E-state index contributed by atoms with van der Waals surface area (Å²) in [6.45, 7) is 10.7. The van der Waals surface area contributed by atoms with Crippen LogP contribution in [-0.2, 0) is 48.7 Å². The number of pyridine rings is 2. The second-order valence-electron chi connectivity index (χ2n) is 21.2. The summed E-state index contributed by atoms with van der Waals surface area (Å²) in [5.41, 5.74) is 12.5. The molecule has 21 heteroatoms. The van der Waals surface area contributed by atoms with Crippen molar-refractivity contribution in [3.8, 4) is 57.4 Å². The number of rotatable bonds is 18. The van der Waals surface area contributed by atoms with Gasteiger partial charge < -0.3 is 38.9 Å². The van der Waals surface area contributed by atoms with Crippen molar-refractivity contribution in [3.63, 3.8) is 0 Å². The third-order valence-corrected chi connectivity index (χ3v) is 15.2. The van der Waals surface area contributed by atoms with Crippen LogP contribution in [0.25, 0.3) is 34.2 Å². The number of aldehydes is 1. The molecule has 2 aliphatic heterocycles. The number of aryl methyl sites for hydroxylation is 2. The first kappa shape index (κ1) is 59.2. The number of para-hydroxylation sites is 2. The van der Waals surface area contributed by atoms with Gasteiger partial charge >= 0.3 is 11.9 Å². The lowest BCUT2D eigenvalue weighted by atomic mass is 9.97. The zero-order chi connectivity index (χ0) is 60.0. The molecule has 6 heterocycles. The molecular weight excluding hydrogens is 1100 g/mol. The number of esters is 1. The number of hydrogen-bond donors (Lipinski definition) is 2. The third kappa shape index (κ3) is 13.5. The number of nitrogens with zero attached hydrogens (tertiary/aromatic N) is 7. The number of nitrogens with one attached hydrogen (secondary N) is 1. The topological polar surface area (TPSA) is 194 Å². The first-order valence-electron chi connectivity index (χ1n) is 27.9. The molecule has 85 heavy (non-hydrogen) atoms. The van der Waals surface area contributed by atoms with Gasteiger partial charge in [0.05, 0.1) is 50.5 Å². The average molecular weight is 1170 g/mol. The van der Waals surface area contributed by atoms with Crippen molar-refractivity contribution in [2.45, 2.75) is 84.6 Å². The number of methoxy groups -OCH3 is 2. The van der Waals surface area contributed by atoms with E-state index in [1.807, 2.05) is 86.6 Å². The number of benzene rings is 4. The maximum absolute atomic E-state index is 13.4. The van der Waals surface area contributed by atoms with Crippen molar-refractivity contribution < 1.29 is 60.7 Å². The quantitative estimate of drug-likeness (QED) is 0.0468. The molecule has 2 N–H and O–H groups in total. The van der Waals surface area contributed by atoms with Crippen LogP contribution >= 0.6 is 0 Å². The fourth-order valence-electron chi connectivity index (χ4n) is 10.4. The van der Waals surface area contributed by atoms with Crippen LogP contribution in [0.5, 0.6) is 23.3 Å². The molecule has 2 unspecified atom stereocenters. The fraction of sp³-hybridized carbons (Fsp3) is 0.328. The molecule has 8 aromatic rings. The van der Waals surface area contributed by atoms with Gasteiger partial charge in [-0.25, -0.2) is 37.1 Å². The summed E-state index contributed by atoms with van der Waals surface area (Å²) in [6.07, 6.45) is 4.60. The van der Waals surface area contributed by atoms with Crippen molar-refractivity contribution >= 4 is 18.2 Å². The van der Waals surface area contributed by atoms with E-state index in [-0.39, 0.29) is 42.3 Å². The van der Waals surface area contributed by atoms with E-state index in [0.717, 1.165) is 77.3 Å². The lowest BCUT2D eigenvalue weighted by molar-refractivity contribution is -0.110. The molecular formula is C64H64F4N8O9. The van der Waals surface area contributed by atoms with Gasteiger partial charge in [0, 0.05) is 56.1 Å². The Balaban J connectivity index is 0.000000170. The summed E-state index contributed by atoms with van der Waals surface area (Å²) < 4.78 is 81.4. The summed E-state index contributed by atoms with van der Waals surface area (Å²) in [4.78, 5) is 45.1. The van der Waals surface area contributed by atoms with Crippen molar-refractivity contribution in [3.05, 3.63) is 177 Å². The van der Waals surface area contributed by atoms with Gasteiger partial charge in [-0.2, -0.15) is 19.6 Å². The number of hydrogen-bond acceptors (Lipinski definition) is 14. The Morgan fingerprint density at radius 2 is 1.22 bits per heavy atom. The molecule has 2 atom stereocenters. The van der Waals surface area contributed by atoms with Gasteiger partial charge in [0.15, 0.2) is 11.6 Å². The molecule has 0 bridgehead atoms. The molecule has 12 rings (SSSR count). The first-order valence-corrected chi connectivity index (χ1v) is 27.9. The number of aromatic carboxylic acids is 1. The Hall–Kier alpha value is -8.95. The Morgan fingerprint density at radius 3 is 1.73 bits per heavy atom. The van der Waals surface area contributed by atoms with E-state index in [2.05, 4.69) is 50.7 Å². The Morgan fingerprint density at radius 1 is 0.694 bits per heavy atom. The molecule has 2 aliphatic carbocycles. The normalized spacial score (nSPS) is 16.9. The molecule has 2 saturated carbocycles. The Kier molecular flexibility index (Phi) is 17.8. The number of aromatic nitrogens is 6. The Bertz CT molecular complexity index is 3760. The van der Waals surface area contributed by atoms with Gasteiger partial charge in [0.1, 0.15) is 42.1 Å². The Labute approximate surface area is 488 Å². The van der Waals surface area contributed by atoms with E-state index < -0.39 is 35.6 Å². The van der Waals surface area contributed by atoms with Crippen LogP contribution in [-0.4, -0.2) is 110 Å². The number of carbonyl (C=O) groups is 3. The summed E-state index contributed by atoms with van der Waals surface area (Å²) in [5.74, 6) is -5.47. The molecule has 4 aromatic carbocycles. The van der Waals surface area contributed by atoms with Gasteiger partial charge in [-0.3, -0.25) is 4.90 Å². The van der Waals surface area contributed by atoms with Crippen molar-refractivity contribution in [2.24, 2.45) is 11.8 Å². The smallest absolute Gasteiger partial charge is 0.345 e. The summed E-state index contributed by atoms with van der Waals surface area (Å²) in [6, 6.07) is 35.7. The van der Waals surface area contributed by atoms with E-state index in [0.29, 0.717) is 55.7 Å². The average Bonchev–Trinajstić information content (AvgIpc) is 4.29. The largest absolute Gasteiger partial charge is 0.488 e. The highest BCUT2D eigenvalue weighted by Crippen LogP contribution is 2.49. The number of carboxylic acid groups (broad SMARTS) is 1. The highest BCUT2D eigenvalue weighted by atomic mass is 19.3. The fourth-order valence-corrected chi connectivity index (χ4v) is 10.4. The van der Waals surface area contributed by atoms with Crippen LogP contribution in [0.4, 0.5) is 17.6 Å². The second kappa shape index (κ2) is 25.5. The van der Waals surface area contributed by atoms with Gasteiger partial charge in [-0.05, 0) is 121 Å². The maximum Gasteiger partial charge on any atom is 0.345 e. The zero-order valence-corrected chi connectivity index (χ0v) is 47.6. The molecule has 0 spiro atoms. The molecule has 0 radical (unpaired) electrons. The van der Waals surface area contributed by atoms with Gasteiger partial charge in [-0.15, -0.1) is 0 Å². The second-order valence-corrected chi connectivity index (χ2v) is 21.2. The summed E-state index contributed by atoms with van der Waals surface area (Å²) in [5, 5.41) is 21.4. The van der Waals surface area contributed by atoms with Crippen LogP contribution in [0.3, 0.4) is 0 Å². The molecule has 0 saturated heterocycles. The summed E-state index contributed by atoms with van der Waals surface area (Å²) >= 11 is 0. The van der Waals surface area contributed by atoms with E-state index in [4.69, 9.17) is 33.7 Å². The zero-order valence-electron chi connectivity index (χ0n) is 47.6. The summed E-state index contributed by atoms with van der Waals surface area (Å²) in [7, 11) is 2.88. The van der Waals surface area contributed by atoms with Crippen molar-refractivity contribution in [1.29, 1.82) is 0 Å². The van der Waals surface area contributed by atoms with Gasteiger partial charge in [0.2, 0.25) is 11.8 Å². The number of ether oxygens (including phenoxy) is 5. The SMILES string of the molecule is CCOC(=O)c1cnn(-c2cccc(-c3cccc(C)c3OCc3ccc4c(c3)CCNC4)n2)c1OC.COc1c(C(=O)O)cnn1-c1cccc(-c2cccc(C)c2OCc2ccc3c(c2)CCN(CC2CC2(F)F)C3)n1.O=CC1CC1(F)F. The number of fused-ring (bicyclic) bond motifs is 2. The predicted molar refractivity (Wildman–Crippen MR) is 307 cm³/mol. The molecule has 442 valence electrons. The minimum Gasteiger partial charge on any atom is -0.488 e. The van der Waals surface area contributed by atoms with Gasteiger partial charge in [0.25, 0.3) is 11.8 Å². The van der Waals surface area contributed by atoms with Crippen LogP contribution in [0.15, 0.2) is 122 Å². The molecule has 17 nitrogen and oxygen atoms in total. The van der Waals surface area contributed by atoms with E-state index in [9.17, 15) is 37.1 Å². The van der Waals surface area contributed by atoms with Crippen LogP contribution in [0.2, 0.25) is 0 Å². The van der Waals surface area contributed by atoms with E-state index in [1.165, 1.54) is 58.2 Å². The van der Waals surface area contributed by atoms with Crippen molar-refractivity contribution in [1.82, 2.24) is 39.7 Å². The lowest BCUT2D eigenvalue weighted by Crippen LogP contribution is -2.33. The standard InChI is InChI=1S/C31H30F2N4O4.C29H30N4O4.C4H4F2O/c1-19-5-3-6-24(26-7-4-8-27(35-26)37-29(40-2)25(15-34-37)30(38)39)28(19)41-18-20-9-10-22-16-36(12-11-21(22)13-20)17-23-14-31(23,32)33;1-4-36-29(34)24-17-31-33(28(24)35-3)26-10-6-9-25(32-26)23-8-5-7-19(2)27(23)37-18-20-11-12-22-16-30-14-13-21(22)15-20;5-4(6)1-3(4)2-7/h3-10,13,15,23H,11-12,14,16-18H2,1-2H3,(H,38,39);5-12,15,17,30H,4,13-14,16,18H2,1-3H3;2-3H,1H2. The van der Waals surface area contributed by atoms with Crippen molar-refractivity contribution in [2.75, 3.05) is 40.5 Å². The monoisotopic (exact) mass is 1160 g/mol. The van der Waals surface area contributed by atoms with Crippen LogP contribution < -0.4 is 24.3 Å². The predicted octanol–water partition coefficient (Wildman–Crippen LogP) is 11.0. The highest BCUT2D eigenvalue weighted by molar-refractivity contribution is 5.92. The molecule has 0 amide bonds. The molecule has 2 fully saturated rings. The van der Waals surface area contributed by atoms with E-state index in [1.54, 1.807) is 13.0 Å². The number of carbonyl (C=O) groups excluding carboxylic acids is 2. The molecule has 4 aromatic heterocycles. The minimum atomic E-state index is -2.65. The number of carboxylic acids is 1. The minimum absolute atomic E-state index is 0.0103. The molecule has 4 aliphatic rings. The maximum atomic E-state index is 13.4. The van der Waals surface area contributed by atoms with Gasteiger partial charge in [-0.1, -0.05) is 72.8 Å². The third-order valence-electron chi connectivity index (χ3n) is 15.2.